The van der Waals surface area contributed by atoms with Crippen molar-refractivity contribution in [3.05, 3.63) is 0 Å². The summed E-state index contributed by atoms with van der Waals surface area (Å²) < 4.78 is 26.2. The number of carboxylic acids is 1. The molecule has 88 valence electrons. The van der Waals surface area contributed by atoms with Crippen LogP contribution in [0.3, 0.4) is 0 Å². The highest BCUT2D eigenvalue weighted by Crippen LogP contribution is 1.91. The average molecular weight is 241 g/mol. The van der Waals surface area contributed by atoms with Crippen LogP contribution < -0.4 is 4.89 Å². The van der Waals surface area contributed by atoms with Crippen molar-refractivity contribution in [1.82, 2.24) is 4.89 Å². The molecule has 0 radical (unpaired) electrons. The second-order valence-corrected chi connectivity index (χ2v) is 4.22. The van der Waals surface area contributed by atoms with E-state index in [0.717, 1.165) is 7.11 Å². The summed E-state index contributed by atoms with van der Waals surface area (Å²) in [6, 6.07) is 0. The number of hydrogen-bond donors (Lipinski definition) is 2. The Bertz CT molecular complexity index is 322. The summed E-state index contributed by atoms with van der Waals surface area (Å²) in [5.41, 5.74) is 0. The predicted octanol–water partition coefficient (Wildman–Crippen LogP) is -1.51. The highest BCUT2D eigenvalue weighted by atomic mass is 32.2. The number of methoxy groups -OCH3 is 1. The van der Waals surface area contributed by atoms with Crippen molar-refractivity contribution in [3.8, 4) is 0 Å². The Hall–Kier alpha value is -1.19. The number of hydrogen-bond acceptors (Lipinski definition) is 6. The third-order valence-electron chi connectivity index (χ3n) is 1.18. The number of sulfonamides is 1. The van der Waals surface area contributed by atoms with Gasteiger partial charge in [0, 0.05) is 0 Å². The largest absolute Gasteiger partial charge is 0.479 e. The van der Waals surface area contributed by atoms with E-state index in [9.17, 15) is 18.0 Å². The van der Waals surface area contributed by atoms with Gasteiger partial charge in [0.2, 0.25) is 10.0 Å². The molecule has 0 fully saturated rings. The molecule has 0 unspecified atom stereocenters. The summed E-state index contributed by atoms with van der Waals surface area (Å²) >= 11 is 0. The van der Waals surface area contributed by atoms with E-state index in [2.05, 4.69) is 9.57 Å². The molecular formula is C6H11NO7S. The second-order valence-electron chi connectivity index (χ2n) is 2.41. The molecule has 0 aliphatic carbocycles. The summed E-state index contributed by atoms with van der Waals surface area (Å²) in [7, 11) is -2.69. The lowest BCUT2D eigenvalue weighted by Crippen LogP contribution is -2.29. The molecule has 0 heterocycles. The van der Waals surface area contributed by atoms with E-state index in [0.29, 0.717) is 0 Å². The van der Waals surface area contributed by atoms with Gasteiger partial charge in [-0.1, -0.05) is 4.89 Å². The van der Waals surface area contributed by atoms with Crippen LogP contribution in [-0.4, -0.2) is 44.9 Å². The zero-order valence-corrected chi connectivity index (χ0v) is 8.74. The minimum atomic E-state index is -3.82. The summed E-state index contributed by atoms with van der Waals surface area (Å²) in [5.74, 6) is -2.52. The Labute approximate surface area is 86.2 Å². The van der Waals surface area contributed by atoms with E-state index < -0.39 is 34.3 Å². The Morgan fingerprint density at radius 3 is 2.47 bits per heavy atom. The van der Waals surface area contributed by atoms with E-state index in [-0.39, 0.29) is 6.42 Å². The number of nitrogens with one attached hydrogen (secondary N) is 1. The highest BCUT2D eigenvalue weighted by molar-refractivity contribution is 7.89. The van der Waals surface area contributed by atoms with Crippen molar-refractivity contribution in [2.45, 2.75) is 6.42 Å². The lowest BCUT2D eigenvalue weighted by atomic mass is 10.5. The van der Waals surface area contributed by atoms with Gasteiger partial charge in [-0.15, -0.1) is 0 Å². The summed E-state index contributed by atoms with van der Waals surface area (Å²) in [6.45, 7) is -0.794. The standard InChI is InChI=1S/C6H11NO7S/c1-13-6(10)2-3-15(11,12)7-14-4-5(8)9/h7H,2-4H2,1H3,(H,8,9). The van der Waals surface area contributed by atoms with Crippen LogP contribution in [0.5, 0.6) is 0 Å². The van der Waals surface area contributed by atoms with Crippen LogP contribution in [0.15, 0.2) is 0 Å². The molecule has 0 bridgehead atoms. The third kappa shape index (κ3) is 7.85. The Balaban J connectivity index is 3.87. The maximum atomic E-state index is 11.0. The molecule has 0 aliphatic heterocycles. The third-order valence-corrected chi connectivity index (χ3v) is 2.30. The van der Waals surface area contributed by atoms with Crippen molar-refractivity contribution in [3.63, 3.8) is 0 Å². The fraction of sp³-hybridized carbons (Fsp3) is 0.667. The smallest absolute Gasteiger partial charge is 0.331 e. The number of carbonyl (C=O) groups excluding carboxylic acids is 1. The summed E-state index contributed by atoms with van der Waals surface area (Å²) in [5, 5.41) is 8.13. The normalized spacial score (nSPS) is 11.0. The van der Waals surface area contributed by atoms with Crippen molar-refractivity contribution in [2.75, 3.05) is 19.5 Å². The molecule has 15 heavy (non-hydrogen) atoms. The number of rotatable bonds is 7. The first kappa shape index (κ1) is 13.8. The topological polar surface area (TPSA) is 119 Å². The molecule has 0 aromatic heterocycles. The quantitative estimate of drug-likeness (QED) is 0.410. The molecule has 8 nitrogen and oxygen atoms in total. The fourth-order valence-electron chi connectivity index (χ4n) is 0.542. The second kappa shape index (κ2) is 6.32. The van der Waals surface area contributed by atoms with Gasteiger partial charge in [0.1, 0.15) is 0 Å². The van der Waals surface area contributed by atoms with Gasteiger partial charge >= 0.3 is 11.9 Å². The van der Waals surface area contributed by atoms with Gasteiger partial charge < -0.3 is 9.84 Å². The summed E-state index contributed by atoms with van der Waals surface area (Å²) in [6.07, 6.45) is -0.331. The molecule has 0 rings (SSSR count). The molecule has 0 aromatic rings. The van der Waals surface area contributed by atoms with Gasteiger partial charge in [-0.2, -0.15) is 0 Å². The van der Waals surface area contributed by atoms with E-state index in [1.165, 1.54) is 0 Å². The molecule has 0 atom stereocenters. The molecule has 0 spiro atoms. The fourth-order valence-corrected chi connectivity index (χ4v) is 1.30. The van der Waals surface area contributed by atoms with E-state index in [1.54, 1.807) is 4.89 Å². The SMILES string of the molecule is COC(=O)CCS(=O)(=O)NOCC(=O)O. The van der Waals surface area contributed by atoms with Gasteiger partial charge in [-0.05, 0) is 0 Å². The first-order valence-corrected chi connectivity index (χ1v) is 5.42. The first-order chi connectivity index (χ1) is 6.87. The van der Waals surface area contributed by atoms with Crippen molar-refractivity contribution in [1.29, 1.82) is 0 Å². The molecular weight excluding hydrogens is 230 g/mol. The molecule has 2 N–H and O–H groups in total. The van der Waals surface area contributed by atoms with Crippen LogP contribution in [-0.2, 0) is 29.2 Å². The first-order valence-electron chi connectivity index (χ1n) is 3.77. The Kier molecular flexibility index (Phi) is 5.82. The van der Waals surface area contributed by atoms with Gasteiger partial charge in [0.25, 0.3) is 0 Å². The van der Waals surface area contributed by atoms with Gasteiger partial charge in [-0.25, -0.2) is 13.2 Å². The van der Waals surface area contributed by atoms with Gasteiger partial charge in [0.15, 0.2) is 6.61 Å². The minimum Gasteiger partial charge on any atom is -0.479 e. The van der Waals surface area contributed by atoms with Crippen LogP contribution in [0.1, 0.15) is 6.42 Å². The molecule has 0 saturated heterocycles. The molecule has 0 saturated carbocycles. The zero-order valence-electron chi connectivity index (χ0n) is 7.93. The number of esters is 1. The van der Waals surface area contributed by atoms with E-state index in [4.69, 9.17) is 5.11 Å². The zero-order chi connectivity index (χ0) is 11.9. The lowest BCUT2D eigenvalue weighted by Gasteiger charge is -2.04. The molecule has 0 aliphatic rings. The predicted molar refractivity (Wildman–Crippen MR) is 47.1 cm³/mol. The molecule has 0 amide bonds. The maximum absolute atomic E-state index is 11.0. The van der Waals surface area contributed by atoms with Gasteiger partial charge in [-0.3, -0.25) is 9.63 Å². The van der Waals surface area contributed by atoms with Crippen molar-refractivity contribution >= 4 is 22.0 Å². The van der Waals surface area contributed by atoms with Crippen molar-refractivity contribution in [2.24, 2.45) is 0 Å². The number of carboxylic acid groups (broad SMARTS) is 1. The van der Waals surface area contributed by atoms with Crippen LogP contribution in [0.4, 0.5) is 0 Å². The highest BCUT2D eigenvalue weighted by Gasteiger charge is 2.14. The van der Waals surface area contributed by atoms with Crippen LogP contribution >= 0.6 is 0 Å². The molecule has 9 heteroatoms. The van der Waals surface area contributed by atoms with E-state index in [1.807, 2.05) is 0 Å². The van der Waals surface area contributed by atoms with Crippen molar-refractivity contribution < 1.29 is 32.7 Å². The Morgan fingerprint density at radius 1 is 1.40 bits per heavy atom. The summed E-state index contributed by atoms with van der Waals surface area (Å²) in [4.78, 5) is 26.2. The number of aliphatic carboxylic acids is 1. The van der Waals surface area contributed by atoms with Crippen LogP contribution in [0.2, 0.25) is 0 Å². The van der Waals surface area contributed by atoms with Gasteiger partial charge in [0.05, 0.1) is 19.3 Å². The minimum absolute atomic E-state index is 0.331. The molecule has 0 aromatic carbocycles. The van der Waals surface area contributed by atoms with Crippen LogP contribution in [0.25, 0.3) is 0 Å². The average Bonchev–Trinajstić information content (AvgIpc) is 2.13. The number of ether oxygens (including phenoxy) is 1. The monoisotopic (exact) mass is 241 g/mol. The van der Waals surface area contributed by atoms with E-state index >= 15 is 0 Å². The lowest BCUT2D eigenvalue weighted by molar-refractivity contribution is -0.143. The Morgan fingerprint density at radius 2 is 2.00 bits per heavy atom. The maximum Gasteiger partial charge on any atom is 0.331 e. The number of carbonyl (C=O) groups is 2. The van der Waals surface area contributed by atoms with Crippen LogP contribution in [0, 0.1) is 0 Å².